The topological polar surface area (TPSA) is 65.5 Å². The zero-order valence-electron chi connectivity index (χ0n) is 15.5. The summed E-state index contributed by atoms with van der Waals surface area (Å²) >= 11 is 0. The summed E-state index contributed by atoms with van der Waals surface area (Å²) in [6.07, 6.45) is 4.56. The quantitative estimate of drug-likeness (QED) is 0.819. The predicted molar refractivity (Wildman–Crippen MR) is 104 cm³/mol. The molecule has 1 N–H and O–H groups in total. The standard InChI is InChI=1S/C21H26N4O2/c26-20(24-13-6-7-14-24)16-23-21(27)25(17-19-10-4-5-12-22-19)15-11-18-8-2-1-3-9-18/h1-5,8-10,12H,6-7,11,13-17H2,(H,23,27). The maximum Gasteiger partial charge on any atom is 0.318 e. The smallest absolute Gasteiger partial charge is 0.318 e. The van der Waals surface area contributed by atoms with Gasteiger partial charge in [-0.05, 0) is 37.0 Å². The Hall–Kier alpha value is -2.89. The van der Waals surface area contributed by atoms with Crippen molar-refractivity contribution in [3.63, 3.8) is 0 Å². The third-order valence-electron chi connectivity index (χ3n) is 4.73. The van der Waals surface area contributed by atoms with Gasteiger partial charge in [0, 0.05) is 25.8 Å². The van der Waals surface area contributed by atoms with E-state index >= 15 is 0 Å². The number of carbonyl (C=O) groups is 2. The van der Waals surface area contributed by atoms with E-state index in [-0.39, 0.29) is 18.5 Å². The van der Waals surface area contributed by atoms with Crippen LogP contribution in [0.4, 0.5) is 4.79 Å². The molecule has 0 bridgehead atoms. The largest absolute Gasteiger partial charge is 0.341 e. The van der Waals surface area contributed by atoms with Crippen LogP contribution < -0.4 is 5.32 Å². The molecule has 1 aliphatic heterocycles. The number of rotatable bonds is 7. The van der Waals surface area contributed by atoms with Crippen molar-refractivity contribution in [2.75, 3.05) is 26.2 Å². The average Bonchev–Trinajstić information content (AvgIpc) is 3.25. The van der Waals surface area contributed by atoms with Crippen molar-refractivity contribution < 1.29 is 9.59 Å². The van der Waals surface area contributed by atoms with Gasteiger partial charge in [0.1, 0.15) is 0 Å². The molecule has 2 heterocycles. The molecule has 6 heteroatoms. The lowest BCUT2D eigenvalue weighted by molar-refractivity contribution is -0.129. The third kappa shape index (κ3) is 5.81. The zero-order valence-corrected chi connectivity index (χ0v) is 15.5. The molecule has 6 nitrogen and oxygen atoms in total. The van der Waals surface area contributed by atoms with E-state index in [0.717, 1.165) is 38.0 Å². The summed E-state index contributed by atoms with van der Waals surface area (Å²) < 4.78 is 0. The summed E-state index contributed by atoms with van der Waals surface area (Å²) in [5.74, 6) is -0.0123. The first-order chi connectivity index (χ1) is 13.2. The Bertz CT molecular complexity index is 730. The number of amides is 3. The van der Waals surface area contributed by atoms with E-state index in [1.807, 2.05) is 53.4 Å². The van der Waals surface area contributed by atoms with Gasteiger partial charge < -0.3 is 15.1 Å². The average molecular weight is 366 g/mol. The summed E-state index contributed by atoms with van der Waals surface area (Å²) in [6.45, 7) is 2.60. The van der Waals surface area contributed by atoms with Crippen LogP contribution in [0.3, 0.4) is 0 Å². The third-order valence-corrected chi connectivity index (χ3v) is 4.73. The Morgan fingerprint density at radius 3 is 2.48 bits per heavy atom. The summed E-state index contributed by atoms with van der Waals surface area (Å²) in [4.78, 5) is 32.7. The molecular formula is C21H26N4O2. The molecule has 1 aromatic carbocycles. The number of hydrogen-bond acceptors (Lipinski definition) is 3. The molecule has 0 radical (unpaired) electrons. The lowest BCUT2D eigenvalue weighted by Crippen LogP contribution is -2.45. The zero-order chi connectivity index (χ0) is 18.9. The Morgan fingerprint density at radius 1 is 1.04 bits per heavy atom. The number of urea groups is 1. The first kappa shape index (κ1) is 18.9. The van der Waals surface area contributed by atoms with E-state index in [1.54, 1.807) is 11.1 Å². The molecule has 0 saturated carbocycles. The second-order valence-corrected chi connectivity index (χ2v) is 6.72. The Morgan fingerprint density at radius 2 is 1.78 bits per heavy atom. The van der Waals surface area contributed by atoms with E-state index in [4.69, 9.17) is 0 Å². The molecule has 3 amide bonds. The van der Waals surface area contributed by atoms with Crippen molar-refractivity contribution >= 4 is 11.9 Å². The number of pyridine rings is 1. The molecule has 1 aliphatic rings. The van der Waals surface area contributed by atoms with Gasteiger partial charge in [-0.1, -0.05) is 36.4 Å². The maximum atomic E-state index is 12.7. The van der Waals surface area contributed by atoms with Gasteiger partial charge in [-0.25, -0.2) is 4.79 Å². The highest BCUT2D eigenvalue weighted by molar-refractivity contribution is 5.84. The molecule has 3 rings (SSSR count). The summed E-state index contributed by atoms with van der Waals surface area (Å²) in [6, 6.07) is 15.5. The van der Waals surface area contributed by atoms with Gasteiger partial charge in [0.15, 0.2) is 0 Å². The van der Waals surface area contributed by atoms with Crippen molar-refractivity contribution in [3.05, 3.63) is 66.0 Å². The first-order valence-corrected chi connectivity index (χ1v) is 9.47. The van der Waals surface area contributed by atoms with Crippen LogP contribution in [0, 0.1) is 0 Å². The minimum atomic E-state index is -0.232. The van der Waals surface area contributed by atoms with Crippen LogP contribution >= 0.6 is 0 Å². The van der Waals surface area contributed by atoms with Crippen LogP contribution in [0.25, 0.3) is 0 Å². The molecular weight excluding hydrogens is 340 g/mol. The molecule has 0 unspecified atom stereocenters. The SMILES string of the molecule is O=C(CNC(=O)N(CCc1ccccc1)Cc1ccccn1)N1CCCC1. The fourth-order valence-electron chi connectivity index (χ4n) is 3.19. The predicted octanol–water partition coefficient (Wildman–Crippen LogP) is 2.46. The second-order valence-electron chi connectivity index (χ2n) is 6.72. The number of benzene rings is 1. The normalized spacial score (nSPS) is 13.4. The first-order valence-electron chi connectivity index (χ1n) is 9.47. The van der Waals surface area contributed by atoms with Gasteiger partial charge in [0.2, 0.25) is 5.91 Å². The maximum absolute atomic E-state index is 12.7. The van der Waals surface area contributed by atoms with Crippen LogP contribution in [0.1, 0.15) is 24.1 Å². The highest BCUT2D eigenvalue weighted by Crippen LogP contribution is 2.08. The van der Waals surface area contributed by atoms with Crippen molar-refractivity contribution in [3.8, 4) is 0 Å². The fourth-order valence-corrected chi connectivity index (χ4v) is 3.19. The molecule has 0 aliphatic carbocycles. The van der Waals surface area contributed by atoms with Crippen molar-refractivity contribution in [2.45, 2.75) is 25.8 Å². The van der Waals surface area contributed by atoms with Gasteiger partial charge in [-0.3, -0.25) is 9.78 Å². The van der Waals surface area contributed by atoms with Crippen LogP contribution in [-0.2, 0) is 17.8 Å². The highest BCUT2D eigenvalue weighted by atomic mass is 16.2. The Kier molecular flexibility index (Phi) is 6.79. The number of hydrogen-bond donors (Lipinski definition) is 1. The highest BCUT2D eigenvalue weighted by Gasteiger charge is 2.20. The van der Waals surface area contributed by atoms with Crippen LogP contribution in [-0.4, -0.2) is 52.9 Å². The summed E-state index contributed by atoms with van der Waals surface area (Å²) in [5.41, 5.74) is 2.00. The fraction of sp³-hybridized carbons (Fsp3) is 0.381. The van der Waals surface area contributed by atoms with E-state index in [0.29, 0.717) is 13.1 Å². The molecule has 27 heavy (non-hydrogen) atoms. The summed E-state index contributed by atoms with van der Waals surface area (Å²) in [7, 11) is 0. The Labute approximate surface area is 160 Å². The van der Waals surface area contributed by atoms with Crippen molar-refractivity contribution in [1.29, 1.82) is 0 Å². The van der Waals surface area contributed by atoms with Crippen molar-refractivity contribution in [2.24, 2.45) is 0 Å². The number of nitrogens with zero attached hydrogens (tertiary/aromatic N) is 3. The van der Waals surface area contributed by atoms with E-state index < -0.39 is 0 Å². The molecule has 1 saturated heterocycles. The molecule has 2 aromatic rings. The number of carbonyl (C=O) groups excluding carboxylic acids is 2. The number of likely N-dealkylation sites (tertiary alicyclic amines) is 1. The minimum Gasteiger partial charge on any atom is -0.341 e. The lowest BCUT2D eigenvalue weighted by Gasteiger charge is -2.23. The second kappa shape index (κ2) is 9.71. The molecule has 1 aromatic heterocycles. The van der Waals surface area contributed by atoms with Gasteiger partial charge in [0.05, 0.1) is 18.8 Å². The van der Waals surface area contributed by atoms with E-state index in [9.17, 15) is 9.59 Å². The lowest BCUT2D eigenvalue weighted by atomic mass is 10.1. The van der Waals surface area contributed by atoms with E-state index in [2.05, 4.69) is 10.3 Å². The summed E-state index contributed by atoms with van der Waals surface area (Å²) in [5, 5.41) is 2.78. The molecule has 0 spiro atoms. The number of nitrogens with one attached hydrogen (secondary N) is 1. The molecule has 1 fully saturated rings. The van der Waals surface area contributed by atoms with E-state index in [1.165, 1.54) is 5.56 Å². The Balaban J connectivity index is 1.58. The van der Waals surface area contributed by atoms with Crippen LogP contribution in [0.15, 0.2) is 54.7 Å². The van der Waals surface area contributed by atoms with Crippen LogP contribution in [0.2, 0.25) is 0 Å². The van der Waals surface area contributed by atoms with Gasteiger partial charge >= 0.3 is 6.03 Å². The van der Waals surface area contributed by atoms with Crippen LogP contribution in [0.5, 0.6) is 0 Å². The molecule has 0 atom stereocenters. The molecule has 142 valence electrons. The van der Waals surface area contributed by atoms with Gasteiger partial charge in [0.25, 0.3) is 0 Å². The van der Waals surface area contributed by atoms with Gasteiger partial charge in [-0.2, -0.15) is 0 Å². The number of aromatic nitrogens is 1. The van der Waals surface area contributed by atoms with Crippen molar-refractivity contribution in [1.82, 2.24) is 20.1 Å². The minimum absolute atomic E-state index is 0.0123. The monoisotopic (exact) mass is 366 g/mol. The van der Waals surface area contributed by atoms with Gasteiger partial charge in [-0.15, -0.1) is 0 Å².